The Balaban J connectivity index is 2.29. The van der Waals surface area contributed by atoms with Crippen LogP contribution in [0, 0.1) is 0 Å². The van der Waals surface area contributed by atoms with E-state index in [2.05, 4.69) is 10.1 Å². The number of amides is 1. The average molecular weight is 343 g/mol. The van der Waals surface area contributed by atoms with E-state index in [1.807, 2.05) is 0 Å². The molecule has 1 aromatic carbocycles. The van der Waals surface area contributed by atoms with Crippen LogP contribution in [0.4, 0.5) is 13.2 Å². The number of aromatic hydroxyl groups is 1. The molecule has 2 N–H and O–H groups in total. The van der Waals surface area contributed by atoms with Crippen LogP contribution < -0.4 is 10.1 Å². The van der Waals surface area contributed by atoms with Crippen LogP contribution in [-0.4, -0.2) is 22.9 Å². The molecule has 5 nitrogen and oxygen atoms in total. The summed E-state index contributed by atoms with van der Waals surface area (Å²) >= 11 is 0. The van der Waals surface area contributed by atoms with E-state index in [1.165, 1.54) is 12.1 Å². The first-order valence-electron chi connectivity index (χ1n) is 6.96. The SMILES string of the molecule is CC(C)(C)NC(=O)c1ccc(-c2cc(OC(F)(F)F)ccc2O)o1. The molecule has 2 aromatic rings. The minimum atomic E-state index is -4.85. The van der Waals surface area contributed by atoms with Crippen LogP contribution in [0.25, 0.3) is 11.3 Å². The van der Waals surface area contributed by atoms with Crippen LogP contribution in [0.2, 0.25) is 0 Å². The minimum Gasteiger partial charge on any atom is -0.507 e. The van der Waals surface area contributed by atoms with Gasteiger partial charge in [-0.3, -0.25) is 4.79 Å². The van der Waals surface area contributed by atoms with E-state index in [0.29, 0.717) is 0 Å². The second kappa shape index (κ2) is 6.10. The van der Waals surface area contributed by atoms with Gasteiger partial charge in [0.1, 0.15) is 17.3 Å². The highest BCUT2D eigenvalue weighted by Gasteiger charge is 2.31. The van der Waals surface area contributed by atoms with Gasteiger partial charge in [0.25, 0.3) is 5.91 Å². The number of halogens is 3. The van der Waals surface area contributed by atoms with Crippen LogP contribution in [0.15, 0.2) is 34.7 Å². The minimum absolute atomic E-state index is 0.0217. The number of ether oxygens (including phenoxy) is 1. The van der Waals surface area contributed by atoms with E-state index in [1.54, 1.807) is 20.8 Å². The number of rotatable bonds is 3. The van der Waals surface area contributed by atoms with Gasteiger partial charge >= 0.3 is 6.36 Å². The zero-order valence-electron chi connectivity index (χ0n) is 13.2. The highest BCUT2D eigenvalue weighted by atomic mass is 19.4. The van der Waals surface area contributed by atoms with Crippen LogP contribution in [0.1, 0.15) is 31.3 Å². The molecule has 0 saturated carbocycles. The Bertz CT molecular complexity index is 745. The number of phenolic OH excluding ortho intramolecular Hbond substituents is 1. The molecule has 8 heteroatoms. The maximum atomic E-state index is 12.3. The fraction of sp³-hybridized carbons (Fsp3) is 0.312. The lowest BCUT2D eigenvalue weighted by Gasteiger charge is -2.19. The van der Waals surface area contributed by atoms with Crippen molar-refractivity contribution >= 4 is 5.91 Å². The molecule has 0 radical (unpaired) electrons. The molecule has 0 aliphatic heterocycles. The van der Waals surface area contributed by atoms with Crippen molar-refractivity contribution in [1.82, 2.24) is 5.32 Å². The molecule has 0 aliphatic rings. The predicted octanol–water partition coefficient (Wildman–Crippen LogP) is 4.08. The number of benzene rings is 1. The summed E-state index contributed by atoms with van der Waals surface area (Å²) in [6, 6.07) is 5.75. The predicted molar refractivity (Wildman–Crippen MR) is 79.7 cm³/mol. The smallest absolute Gasteiger partial charge is 0.507 e. The van der Waals surface area contributed by atoms with Gasteiger partial charge in [0.05, 0.1) is 5.56 Å². The molecule has 0 bridgehead atoms. The van der Waals surface area contributed by atoms with Crippen LogP contribution in [-0.2, 0) is 0 Å². The topological polar surface area (TPSA) is 71.7 Å². The van der Waals surface area contributed by atoms with Gasteiger partial charge < -0.3 is 19.6 Å². The summed E-state index contributed by atoms with van der Waals surface area (Å²) in [5.41, 5.74) is -0.501. The highest BCUT2D eigenvalue weighted by molar-refractivity contribution is 5.92. The average Bonchev–Trinajstić information content (AvgIpc) is 2.87. The van der Waals surface area contributed by atoms with Crippen molar-refractivity contribution in [2.24, 2.45) is 0 Å². The number of nitrogens with one attached hydrogen (secondary N) is 1. The summed E-state index contributed by atoms with van der Waals surface area (Å²) in [4.78, 5) is 12.0. The van der Waals surface area contributed by atoms with Crippen molar-refractivity contribution in [2.45, 2.75) is 32.7 Å². The largest absolute Gasteiger partial charge is 0.573 e. The fourth-order valence-electron chi connectivity index (χ4n) is 1.92. The number of carbonyl (C=O) groups is 1. The quantitative estimate of drug-likeness (QED) is 0.881. The number of carbonyl (C=O) groups excluding carboxylic acids is 1. The number of phenols is 1. The summed E-state index contributed by atoms with van der Waals surface area (Å²) in [6.45, 7) is 5.37. The van der Waals surface area contributed by atoms with Crippen molar-refractivity contribution in [2.75, 3.05) is 0 Å². The maximum absolute atomic E-state index is 12.3. The van der Waals surface area contributed by atoms with Gasteiger partial charge in [-0.25, -0.2) is 0 Å². The van der Waals surface area contributed by atoms with Gasteiger partial charge in [-0.1, -0.05) is 0 Å². The van der Waals surface area contributed by atoms with Crippen LogP contribution in [0.5, 0.6) is 11.5 Å². The van der Waals surface area contributed by atoms with E-state index in [4.69, 9.17) is 4.42 Å². The number of hydrogen-bond acceptors (Lipinski definition) is 4. The van der Waals surface area contributed by atoms with Crippen molar-refractivity contribution in [3.05, 3.63) is 36.1 Å². The molecule has 0 atom stereocenters. The molecule has 0 aliphatic carbocycles. The standard InChI is InChI=1S/C16H16F3NO4/c1-15(2,3)20-14(22)13-7-6-12(23-13)10-8-9(4-5-11(10)21)24-16(17,18)19/h4-8,21H,1-3H3,(H,20,22). The van der Waals surface area contributed by atoms with Gasteiger partial charge in [0.15, 0.2) is 5.76 Å². The van der Waals surface area contributed by atoms with E-state index < -0.39 is 23.6 Å². The molecule has 1 amide bonds. The molecule has 24 heavy (non-hydrogen) atoms. The molecule has 0 unspecified atom stereocenters. The Kier molecular flexibility index (Phi) is 4.50. The Hall–Kier alpha value is -2.64. The van der Waals surface area contributed by atoms with Crippen LogP contribution >= 0.6 is 0 Å². The molecule has 130 valence electrons. The molecular formula is C16H16F3NO4. The molecule has 0 spiro atoms. The summed E-state index contributed by atoms with van der Waals surface area (Å²) in [5, 5.41) is 12.5. The van der Waals surface area contributed by atoms with E-state index in [9.17, 15) is 23.1 Å². The van der Waals surface area contributed by atoms with Crippen LogP contribution in [0.3, 0.4) is 0 Å². The van der Waals surface area contributed by atoms with Crippen molar-refractivity contribution in [1.29, 1.82) is 0 Å². The molecule has 0 fully saturated rings. The molecule has 0 saturated heterocycles. The first-order chi connectivity index (χ1) is 10.9. The lowest BCUT2D eigenvalue weighted by atomic mass is 10.1. The Morgan fingerprint density at radius 1 is 1.17 bits per heavy atom. The van der Waals surface area contributed by atoms with E-state index in [0.717, 1.165) is 18.2 Å². The van der Waals surface area contributed by atoms with E-state index in [-0.39, 0.29) is 22.8 Å². The first kappa shape index (κ1) is 17.7. The van der Waals surface area contributed by atoms with Gasteiger partial charge in [-0.05, 0) is 51.1 Å². The normalized spacial score (nSPS) is 12.1. The second-order valence-corrected chi connectivity index (χ2v) is 6.09. The Morgan fingerprint density at radius 3 is 2.42 bits per heavy atom. The Morgan fingerprint density at radius 2 is 1.83 bits per heavy atom. The Labute approximate surface area is 136 Å². The van der Waals surface area contributed by atoms with Crippen molar-refractivity contribution in [3.8, 4) is 22.8 Å². The highest BCUT2D eigenvalue weighted by Crippen LogP contribution is 2.35. The van der Waals surface area contributed by atoms with Gasteiger partial charge in [0, 0.05) is 5.54 Å². The summed E-state index contributed by atoms with van der Waals surface area (Å²) < 4.78 is 46.0. The molecule has 2 rings (SSSR count). The lowest BCUT2D eigenvalue weighted by molar-refractivity contribution is -0.274. The van der Waals surface area contributed by atoms with Gasteiger partial charge in [-0.15, -0.1) is 13.2 Å². The second-order valence-electron chi connectivity index (χ2n) is 6.09. The molecule has 1 aromatic heterocycles. The monoisotopic (exact) mass is 343 g/mol. The van der Waals surface area contributed by atoms with E-state index >= 15 is 0 Å². The van der Waals surface area contributed by atoms with Crippen molar-refractivity contribution in [3.63, 3.8) is 0 Å². The summed E-state index contributed by atoms with van der Waals surface area (Å²) in [5.74, 6) is -1.27. The summed E-state index contributed by atoms with van der Waals surface area (Å²) in [7, 11) is 0. The third kappa shape index (κ3) is 4.68. The summed E-state index contributed by atoms with van der Waals surface area (Å²) in [6.07, 6.45) is -4.85. The fourth-order valence-corrected chi connectivity index (χ4v) is 1.92. The zero-order chi connectivity index (χ0) is 18.1. The molecule has 1 heterocycles. The third-order valence-electron chi connectivity index (χ3n) is 2.79. The lowest BCUT2D eigenvalue weighted by Crippen LogP contribution is -2.40. The maximum Gasteiger partial charge on any atom is 0.573 e. The van der Waals surface area contributed by atoms with Crippen molar-refractivity contribution < 1.29 is 32.2 Å². The number of alkyl halides is 3. The van der Waals surface area contributed by atoms with Gasteiger partial charge in [0.2, 0.25) is 0 Å². The number of hydrogen-bond donors (Lipinski definition) is 2. The van der Waals surface area contributed by atoms with Gasteiger partial charge in [-0.2, -0.15) is 0 Å². The number of furan rings is 1. The molecular weight excluding hydrogens is 327 g/mol. The zero-order valence-corrected chi connectivity index (χ0v) is 13.2. The third-order valence-corrected chi connectivity index (χ3v) is 2.79. The first-order valence-corrected chi connectivity index (χ1v) is 6.96.